The Kier molecular flexibility index (Phi) is 7.15. The number of aliphatic hydroxyl groups excluding tert-OH is 1. The lowest BCUT2D eigenvalue weighted by Gasteiger charge is -2.26. The highest BCUT2D eigenvalue weighted by Gasteiger charge is 2.25. The van der Waals surface area contributed by atoms with E-state index in [-0.39, 0.29) is 17.4 Å². The molecule has 1 N–H and O–H groups in total. The van der Waals surface area contributed by atoms with Crippen LogP contribution in [0.5, 0.6) is 17.2 Å². The quantitative estimate of drug-likeness (QED) is 0.255. The van der Waals surface area contributed by atoms with Crippen LogP contribution in [0.1, 0.15) is 41.0 Å². The van der Waals surface area contributed by atoms with Gasteiger partial charge in [0.1, 0.15) is 33.7 Å². The van der Waals surface area contributed by atoms with E-state index >= 15 is 0 Å². The number of fused-ring (bicyclic) bond motifs is 2. The summed E-state index contributed by atoms with van der Waals surface area (Å²) >= 11 is 0. The molecule has 1 aliphatic heterocycles. The first kappa shape index (κ1) is 25.2. The van der Waals surface area contributed by atoms with E-state index in [1.165, 1.54) is 22.9 Å². The lowest BCUT2D eigenvalue weighted by Crippen LogP contribution is -2.14. The number of ether oxygens (including phenoxy) is 3. The van der Waals surface area contributed by atoms with Gasteiger partial charge in [0, 0.05) is 30.2 Å². The Morgan fingerprint density at radius 2 is 1.92 bits per heavy atom. The molecule has 3 aromatic rings. The van der Waals surface area contributed by atoms with Crippen molar-refractivity contribution in [3.63, 3.8) is 0 Å². The van der Waals surface area contributed by atoms with Gasteiger partial charge in [0.05, 0.1) is 24.7 Å². The monoisotopic (exact) mass is 520 g/mol. The van der Waals surface area contributed by atoms with Crippen LogP contribution >= 0.6 is 0 Å². The number of allylic oxidation sites excluding steroid dienone is 1. The molecular weight excluding hydrogens is 488 g/mol. The predicted octanol–water partition coefficient (Wildman–Crippen LogP) is 5.78. The van der Waals surface area contributed by atoms with Gasteiger partial charge in [0.15, 0.2) is 0 Å². The van der Waals surface area contributed by atoms with Crippen molar-refractivity contribution in [2.75, 3.05) is 25.2 Å². The van der Waals surface area contributed by atoms with Gasteiger partial charge in [0.2, 0.25) is 0 Å². The second-order valence-electron chi connectivity index (χ2n) is 9.87. The van der Waals surface area contributed by atoms with Crippen molar-refractivity contribution in [2.45, 2.75) is 38.2 Å². The molecule has 0 spiro atoms. The summed E-state index contributed by atoms with van der Waals surface area (Å²) in [7, 11) is -2.97. The van der Waals surface area contributed by atoms with E-state index in [1.807, 2.05) is 30.3 Å². The Morgan fingerprint density at radius 3 is 2.68 bits per heavy atom. The number of hydrogen-bond acceptors (Lipinski definition) is 6. The van der Waals surface area contributed by atoms with E-state index in [9.17, 15) is 13.5 Å². The van der Waals surface area contributed by atoms with Crippen LogP contribution in [-0.4, -0.2) is 38.7 Å². The highest BCUT2D eigenvalue weighted by atomic mass is 32.2. The number of hydrogen-bond donors (Lipinski definition) is 1. The molecule has 0 saturated heterocycles. The van der Waals surface area contributed by atoms with E-state index in [4.69, 9.17) is 14.2 Å². The smallest absolute Gasteiger partial charge is 0.147 e. The molecule has 0 aromatic heterocycles. The molecule has 5 rings (SSSR count). The fourth-order valence-electron chi connectivity index (χ4n) is 5.01. The Labute approximate surface area is 218 Å². The molecule has 1 aliphatic carbocycles. The number of benzene rings is 3. The minimum Gasteiger partial charge on any atom is -0.513 e. The Morgan fingerprint density at radius 1 is 1.08 bits per heavy atom. The van der Waals surface area contributed by atoms with Gasteiger partial charge in [-0.2, -0.15) is 0 Å². The van der Waals surface area contributed by atoms with E-state index in [0.29, 0.717) is 32.7 Å². The van der Waals surface area contributed by atoms with Crippen LogP contribution in [0, 0.1) is 0 Å². The third-order valence-electron chi connectivity index (χ3n) is 6.92. The van der Waals surface area contributed by atoms with E-state index in [2.05, 4.69) is 30.8 Å². The first-order chi connectivity index (χ1) is 17.8. The number of sulfone groups is 1. The van der Waals surface area contributed by atoms with Gasteiger partial charge in [-0.05, 0) is 65.3 Å². The van der Waals surface area contributed by atoms with Crippen LogP contribution in [0.15, 0.2) is 66.9 Å². The first-order valence-electron chi connectivity index (χ1n) is 12.6. The van der Waals surface area contributed by atoms with Gasteiger partial charge in [-0.1, -0.05) is 36.9 Å². The van der Waals surface area contributed by atoms with Gasteiger partial charge in [0.25, 0.3) is 0 Å². The van der Waals surface area contributed by atoms with Crippen molar-refractivity contribution in [2.24, 2.45) is 0 Å². The molecule has 6 nitrogen and oxygen atoms in total. The zero-order valence-electron chi connectivity index (χ0n) is 21.0. The van der Waals surface area contributed by atoms with Crippen LogP contribution in [0.4, 0.5) is 0 Å². The molecule has 1 heterocycles. The SMILES string of the molecule is C=C(O)CC1COc2cc(OCc3cccc(-c4ccc(OCCCS(C)(=O)=O)c5c4CC5)c3)ccc21. The molecule has 2 aliphatic rings. The predicted molar refractivity (Wildman–Crippen MR) is 145 cm³/mol. The van der Waals surface area contributed by atoms with Crippen LogP contribution in [0.3, 0.4) is 0 Å². The summed E-state index contributed by atoms with van der Waals surface area (Å²) in [6.45, 7) is 4.97. The molecule has 1 atom stereocenters. The van der Waals surface area contributed by atoms with Gasteiger partial charge >= 0.3 is 0 Å². The summed E-state index contributed by atoms with van der Waals surface area (Å²) in [5.74, 6) is 2.84. The van der Waals surface area contributed by atoms with Crippen LogP contribution < -0.4 is 14.2 Å². The van der Waals surface area contributed by atoms with Crippen LogP contribution in [0.25, 0.3) is 11.1 Å². The first-order valence-corrected chi connectivity index (χ1v) is 14.6. The lowest BCUT2D eigenvalue weighted by atomic mass is 9.81. The molecule has 194 valence electrons. The summed E-state index contributed by atoms with van der Waals surface area (Å²) in [4.78, 5) is 0. The van der Waals surface area contributed by atoms with Crippen molar-refractivity contribution >= 4 is 9.84 Å². The molecular formula is C30H32O6S. The Hall–Kier alpha value is -3.45. The van der Waals surface area contributed by atoms with Crippen molar-refractivity contribution in [3.05, 3.63) is 89.2 Å². The summed E-state index contributed by atoms with van der Waals surface area (Å²) < 4.78 is 40.5. The average Bonchev–Trinajstić information content (AvgIpc) is 3.22. The van der Waals surface area contributed by atoms with Gasteiger partial charge < -0.3 is 19.3 Å². The zero-order chi connectivity index (χ0) is 26.0. The highest BCUT2D eigenvalue weighted by Crippen LogP contribution is 2.41. The Bertz CT molecular complexity index is 1430. The number of rotatable bonds is 11. The second kappa shape index (κ2) is 10.5. The van der Waals surface area contributed by atoms with E-state index in [0.717, 1.165) is 46.8 Å². The number of aliphatic hydroxyl groups is 1. The van der Waals surface area contributed by atoms with Gasteiger partial charge in [-0.3, -0.25) is 0 Å². The maximum Gasteiger partial charge on any atom is 0.147 e. The molecule has 7 heteroatoms. The second-order valence-corrected chi connectivity index (χ2v) is 12.1. The standard InChI is InChI=1S/C30H32O6S/c1-20(31)15-23-19-36-30-17-24(7-8-26(23)30)35-18-21-5-3-6-22(16-21)25-11-12-29(28-10-9-27(25)28)34-13-4-14-37(2,32)33/h3,5-8,11-12,16-17,23,31H,1,4,9-10,13-15,18-19H2,2H3. The third kappa shape index (κ3) is 5.93. The summed E-state index contributed by atoms with van der Waals surface area (Å²) in [5, 5.41) is 9.53. The van der Waals surface area contributed by atoms with Gasteiger partial charge in [-0.15, -0.1) is 0 Å². The molecule has 0 amide bonds. The van der Waals surface area contributed by atoms with Gasteiger partial charge in [-0.25, -0.2) is 8.42 Å². The Balaban J connectivity index is 1.24. The minimum absolute atomic E-state index is 0.125. The fraction of sp³-hybridized carbons (Fsp3) is 0.333. The van der Waals surface area contributed by atoms with Crippen LogP contribution in [0.2, 0.25) is 0 Å². The summed E-state index contributed by atoms with van der Waals surface area (Å²) in [5.41, 5.74) is 7.01. The molecule has 0 bridgehead atoms. The van der Waals surface area contributed by atoms with Crippen molar-refractivity contribution in [3.8, 4) is 28.4 Å². The highest BCUT2D eigenvalue weighted by molar-refractivity contribution is 7.90. The third-order valence-corrected chi connectivity index (χ3v) is 7.95. The zero-order valence-corrected chi connectivity index (χ0v) is 21.9. The van der Waals surface area contributed by atoms with Crippen molar-refractivity contribution < 1.29 is 27.7 Å². The van der Waals surface area contributed by atoms with E-state index < -0.39 is 9.84 Å². The van der Waals surface area contributed by atoms with Crippen LogP contribution in [-0.2, 0) is 29.3 Å². The molecule has 0 fully saturated rings. The molecule has 37 heavy (non-hydrogen) atoms. The summed E-state index contributed by atoms with van der Waals surface area (Å²) in [6.07, 6.45) is 4.22. The lowest BCUT2D eigenvalue weighted by molar-refractivity contribution is 0.297. The molecule has 0 saturated carbocycles. The largest absolute Gasteiger partial charge is 0.513 e. The topological polar surface area (TPSA) is 82.1 Å². The van der Waals surface area contributed by atoms with E-state index in [1.54, 1.807) is 0 Å². The molecule has 3 aromatic carbocycles. The maximum atomic E-state index is 11.3. The minimum atomic E-state index is -2.97. The van der Waals surface area contributed by atoms with Crippen molar-refractivity contribution in [1.29, 1.82) is 0 Å². The molecule has 0 radical (unpaired) electrons. The maximum absolute atomic E-state index is 11.3. The summed E-state index contributed by atoms with van der Waals surface area (Å²) in [6, 6.07) is 18.3. The van der Waals surface area contributed by atoms with Crippen molar-refractivity contribution in [1.82, 2.24) is 0 Å². The fourth-order valence-corrected chi connectivity index (χ4v) is 5.65. The average molecular weight is 521 g/mol. The normalized spacial score (nSPS) is 15.8. The molecule has 1 unspecified atom stereocenters.